The molecule has 0 spiro atoms. The zero-order chi connectivity index (χ0) is 12.1. The Bertz CT molecular complexity index is 535. The fourth-order valence-electron chi connectivity index (χ4n) is 1.17. The molecule has 0 radical (unpaired) electrons. The molecule has 0 unspecified atom stereocenters. The van der Waals surface area contributed by atoms with E-state index in [1.165, 1.54) is 28.8 Å². The van der Waals surface area contributed by atoms with Crippen molar-refractivity contribution < 1.29 is 4.79 Å². The van der Waals surface area contributed by atoms with Gasteiger partial charge in [-0.3, -0.25) is 4.79 Å². The van der Waals surface area contributed by atoms with Crippen LogP contribution in [0.4, 0.5) is 0 Å². The summed E-state index contributed by atoms with van der Waals surface area (Å²) in [6, 6.07) is 9.05. The third-order valence-electron chi connectivity index (χ3n) is 1.99. The average Bonchev–Trinajstić information content (AvgIpc) is 2.76. The van der Waals surface area contributed by atoms with Gasteiger partial charge in [0.15, 0.2) is 5.78 Å². The summed E-state index contributed by atoms with van der Waals surface area (Å²) in [5, 5.41) is 9.57. The molecular formula is C11H10N4OS. The van der Waals surface area contributed by atoms with Crippen LogP contribution in [-0.4, -0.2) is 20.7 Å². The number of hydrogen-bond donors (Lipinski definition) is 1. The highest BCUT2D eigenvalue weighted by atomic mass is 32.2. The van der Waals surface area contributed by atoms with Crippen LogP contribution in [0.5, 0.6) is 0 Å². The van der Waals surface area contributed by atoms with Crippen molar-refractivity contribution >= 4 is 17.5 Å². The summed E-state index contributed by atoms with van der Waals surface area (Å²) in [7, 11) is 0. The zero-order valence-electron chi connectivity index (χ0n) is 8.85. The van der Waals surface area contributed by atoms with E-state index in [1.807, 2.05) is 18.2 Å². The van der Waals surface area contributed by atoms with Crippen LogP contribution in [0.3, 0.4) is 0 Å². The molecule has 2 aromatic rings. The number of aromatic nitrogens is 3. The maximum Gasteiger partial charge on any atom is 0.213 e. The number of nitrogens with zero attached hydrogens (tertiary/aromatic N) is 3. The number of hydrogen-bond acceptors (Lipinski definition) is 5. The maximum absolute atomic E-state index is 11.7. The van der Waals surface area contributed by atoms with Crippen molar-refractivity contribution in [1.82, 2.24) is 14.9 Å². The third-order valence-corrected chi connectivity index (χ3v) is 2.77. The van der Waals surface area contributed by atoms with Crippen molar-refractivity contribution in [3.05, 3.63) is 53.7 Å². The van der Waals surface area contributed by atoms with Crippen molar-refractivity contribution in [1.29, 1.82) is 0 Å². The molecule has 0 aliphatic rings. The first-order valence-electron chi connectivity index (χ1n) is 4.85. The number of benzene rings is 1. The van der Waals surface area contributed by atoms with Crippen LogP contribution in [-0.2, 0) is 0 Å². The SMILES string of the molecule is Nn1cnnc1S/C=C/C(=O)c1ccccc1. The first-order valence-corrected chi connectivity index (χ1v) is 5.73. The molecule has 0 fully saturated rings. The molecule has 1 heterocycles. The molecule has 0 aliphatic heterocycles. The van der Waals surface area contributed by atoms with E-state index in [9.17, 15) is 4.79 Å². The van der Waals surface area contributed by atoms with E-state index in [2.05, 4.69) is 10.2 Å². The normalized spacial score (nSPS) is 10.8. The van der Waals surface area contributed by atoms with Crippen molar-refractivity contribution in [3.63, 3.8) is 0 Å². The van der Waals surface area contributed by atoms with Gasteiger partial charge in [-0.05, 0) is 11.5 Å². The second kappa shape index (κ2) is 5.31. The van der Waals surface area contributed by atoms with Crippen LogP contribution < -0.4 is 5.84 Å². The lowest BCUT2D eigenvalue weighted by molar-refractivity contribution is 0.104. The zero-order valence-corrected chi connectivity index (χ0v) is 9.67. The summed E-state index contributed by atoms with van der Waals surface area (Å²) in [6.07, 6.45) is 2.88. The molecule has 1 aromatic heterocycles. The summed E-state index contributed by atoms with van der Waals surface area (Å²) < 4.78 is 1.29. The maximum atomic E-state index is 11.7. The quantitative estimate of drug-likeness (QED) is 0.383. The molecule has 0 amide bonds. The predicted molar refractivity (Wildman–Crippen MR) is 65.9 cm³/mol. The van der Waals surface area contributed by atoms with Crippen molar-refractivity contribution in [3.8, 4) is 0 Å². The second-order valence-electron chi connectivity index (χ2n) is 3.17. The molecule has 2 N–H and O–H groups in total. The van der Waals surface area contributed by atoms with E-state index in [-0.39, 0.29) is 5.78 Å². The van der Waals surface area contributed by atoms with Crippen LogP contribution in [0.25, 0.3) is 0 Å². The molecule has 6 heteroatoms. The first kappa shape index (κ1) is 11.4. The molecule has 0 aliphatic carbocycles. The Morgan fingerprint density at radius 3 is 2.76 bits per heavy atom. The minimum absolute atomic E-state index is 0.0545. The highest BCUT2D eigenvalue weighted by Gasteiger charge is 2.01. The van der Waals surface area contributed by atoms with E-state index >= 15 is 0 Å². The molecule has 86 valence electrons. The van der Waals surface area contributed by atoms with Crippen molar-refractivity contribution in [2.75, 3.05) is 5.84 Å². The molecule has 17 heavy (non-hydrogen) atoms. The molecule has 0 atom stereocenters. The molecule has 0 saturated carbocycles. The summed E-state index contributed by atoms with van der Waals surface area (Å²) in [5.41, 5.74) is 0.651. The van der Waals surface area contributed by atoms with Gasteiger partial charge in [0, 0.05) is 5.56 Å². The first-order chi connectivity index (χ1) is 8.27. The van der Waals surface area contributed by atoms with Gasteiger partial charge in [0.2, 0.25) is 5.16 Å². The van der Waals surface area contributed by atoms with E-state index in [0.29, 0.717) is 10.7 Å². The summed E-state index contributed by atoms with van der Waals surface area (Å²) in [4.78, 5) is 11.7. The van der Waals surface area contributed by atoms with Crippen LogP contribution in [0.2, 0.25) is 0 Å². The van der Waals surface area contributed by atoms with Crippen molar-refractivity contribution in [2.45, 2.75) is 5.16 Å². The number of carbonyl (C=O) groups excluding carboxylic acids is 1. The summed E-state index contributed by atoms with van der Waals surface area (Å²) in [6.45, 7) is 0. The number of allylic oxidation sites excluding steroid dienone is 1. The van der Waals surface area contributed by atoms with Gasteiger partial charge in [-0.1, -0.05) is 42.1 Å². The Hall–Kier alpha value is -2.08. The predicted octanol–water partition coefficient (Wildman–Crippen LogP) is 1.48. The van der Waals surface area contributed by atoms with E-state index in [4.69, 9.17) is 5.84 Å². The lowest BCUT2D eigenvalue weighted by Gasteiger charge is -1.95. The van der Waals surface area contributed by atoms with E-state index in [0.717, 1.165) is 0 Å². The van der Waals surface area contributed by atoms with Gasteiger partial charge in [0.05, 0.1) is 0 Å². The number of rotatable bonds is 4. The Labute approximate surface area is 102 Å². The monoisotopic (exact) mass is 246 g/mol. The molecule has 0 saturated heterocycles. The van der Waals surface area contributed by atoms with Gasteiger partial charge >= 0.3 is 0 Å². The smallest absolute Gasteiger partial charge is 0.213 e. The van der Waals surface area contributed by atoms with Crippen LogP contribution >= 0.6 is 11.8 Å². The van der Waals surface area contributed by atoms with Crippen molar-refractivity contribution in [2.24, 2.45) is 0 Å². The van der Waals surface area contributed by atoms with Crippen LogP contribution in [0, 0.1) is 0 Å². The van der Waals surface area contributed by atoms with Crippen LogP contribution in [0.15, 0.2) is 53.3 Å². The minimum atomic E-state index is -0.0545. The minimum Gasteiger partial charge on any atom is -0.336 e. The Morgan fingerprint density at radius 2 is 2.12 bits per heavy atom. The average molecular weight is 246 g/mol. The largest absolute Gasteiger partial charge is 0.336 e. The molecular weight excluding hydrogens is 236 g/mol. The van der Waals surface area contributed by atoms with Crippen LogP contribution in [0.1, 0.15) is 10.4 Å². The van der Waals surface area contributed by atoms with E-state index < -0.39 is 0 Å². The lowest BCUT2D eigenvalue weighted by Crippen LogP contribution is -2.07. The number of ketones is 1. The standard InChI is InChI=1S/C11H10N4OS/c12-15-8-13-14-11(15)17-7-6-10(16)9-4-2-1-3-5-9/h1-8H,12H2/b7-6+. The number of carbonyl (C=O) groups is 1. The van der Waals surface area contributed by atoms with Gasteiger partial charge in [0.1, 0.15) is 6.33 Å². The number of thioether (sulfide) groups is 1. The van der Waals surface area contributed by atoms with Gasteiger partial charge in [-0.15, -0.1) is 10.2 Å². The highest BCUT2D eigenvalue weighted by Crippen LogP contribution is 2.14. The number of nitrogen functional groups attached to an aromatic ring is 1. The molecule has 1 aromatic carbocycles. The summed E-state index contributed by atoms with van der Waals surface area (Å²) >= 11 is 1.24. The lowest BCUT2D eigenvalue weighted by atomic mass is 10.1. The number of nitrogens with two attached hydrogens (primary N) is 1. The second-order valence-corrected chi connectivity index (χ2v) is 4.04. The van der Waals surface area contributed by atoms with Gasteiger partial charge in [0.25, 0.3) is 0 Å². The Balaban J connectivity index is 1.98. The molecule has 2 rings (SSSR count). The Kier molecular flexibility index (Phi) is 3.56. The fourth-order valence-corrected chi connectivity index (χ4v) is 1.75. The molecule has 5 nitrogen and oxygen atoms in total. The fraction of sp³-hybridized carbons (Fsp3) is 0. The summed E-state index contributed by atoms with van der Waals surface area (Å²) in [5.74, 6) is 5.47. The molecule has 0 bridgehead atoms. The van der Waals surface area contributed by atoms with Gasteiger partial charge in [-0.2, -0.15) is 0 Å². The van der Waals surface area contributed by atoms with Gasteiger partial charge in [-0.25, -0.2) is 4.68 Å². The van der Waals surface area contributed by atoms with Gasteiger partial charge < -0.3 is 5.84 Å². The topological polar surface area (TPSA) is 73.8 Å². The third kappa shape index (κ3) is 2.94. The Morgan fingerprint density at radius 1 is 1.35 bits per heavy atom. The highest BCUT2D eigenvalue weighted by molar-refractivity contribution is 8.02. The van der Waals surface area contributed by atoms with E-state index in [1.54, 1.807) is 17.5 Å².